The van der Waals surface area contributed by atoms with Crippen molar-refractivity contribution in [1.82, 2.24) is 19.9 Å². The minimum Gasteiger partial charge on any atom is -0.351 e. The van der Waals surface area contributed by atoms with Gasteiger partial charge in [0.2, 0.25) is 0 Å². The van der Waals surface area contributed by atoms with E-state index in [1.54, 1.807) is 0 Å². The van der Waals surface area contributed by atoms with Gasteiger partial charge in [0.1, 0.15) is 5.82 Å². The van der Waals surface area contributed by atoms with Gasteiger partial charge < -0.3 is 14.8 Å². The summed E-state index contributed by atoms with van der Waals surface area (Å²) in [6, 6.07) is 20.9. The van der Waals surface area contributed by atoms with E-state index < -0.39 is 0 Å². The molecule has 1 aromatic carbocycles. The quantitative estimate of drug-likeness (QED) is 0.403. The van der Waals surface area contributed by atoms with Gasteiger partial charge in [-0.3, -0.25) is 4.98 Å². The van der Waals surface area contributed by atoms with Gasteiger partial charge in [-0.2, -0.15) is 0 Å². The zero-order chi connectivity index (χ0) is 23.1. The Labute approximate surface area is 200 Å². The molecule has 0 aliphatic carbocycles. The molecule has 33 heavy (non-hydrogen) atoms. The summed E-state index contributed by atoms with van der Waals surface area (Å²) in [5.41, 5.74) is 7.95. The molecule has 0 spiro atoms. The Balaban J connectivity index is 1.68. The molecule has 4 heterocycles. The maximum Gasteiger partial charge on any atom is 0.174 e. The third-order valence-electron chi connectivity index (χ3n) is 6.33. The molecule has 0 saturated carbocycles. The molecule has 6 heteroatoms. The van der Waals surface area contributed by atoms with Gasteiger partial charge in [-0.25, -0.2) is 4.98 Å². The lowest BCUT2D eigenvalue weighted by molar-refractivity contribution is 0.565. The lowest BCUT2D eigenvalue weighted by Gasteiger charge is -2.28. The summed E-state index contributed by atoms with van der Waals surface area (Å²) in [5, 5.41) is 4.26. The van der Waals surface area contributed by atoms with Crippen LogP contribution in [0.3, 0.4) is 0 Å². The minimum absolute atomic E-state index is 0.0418. The van der Waals surface area contributed by atoms with Crippen molar-refractivity contribution < 1.29 is 0 Å². The topological polar surface area (TPSA) is 46.0 Å². The Hall–Kier alpha value is -3.51. The number of thiocarbonyl (C=S) groups is 1. The second-order valence-electron chi connectivity index (χ2n) is 8.69. The Morgan fingerprint density at radius 1 is 0.848 bits per heavy atom. The molecule has 5 nitrogen and oxygen atoms in total. The summed E-state index contributed by atoms with van der Waals surface area (Å²) in [6.45, 7) is 8.49. The van der Waals surface area contributed by atoms with Crippen LogP contribution in [0, 0.1) is 27.7 Å². The molecule has 3 aromatic heterocycles. The number of benzene rings is 1. The van der Waals surface area contributed by atoms with E-state index in [0.29, 0.717) is 5.11 Å². The Morgan fingerprint density at radius 3 is 2.33 bits per heavy atom. The summed E-state index contributed by atoms with van der Waals surface area (Å²) in [4.78, 5) is 11.5. The molecule has 1 fully saturated rings. The number of rotatable bonds is 4. The average Bonchev–Trinajstić information content (AvgIpc) is 3.30. The van der Waals surface area contributed by atoms with E-state index in [1.807, 2.05) is 30.6 Å². The molecule has 1 aliphatic rings. The van der Waals surface area contributed by atoms with E-state index in [4.69, 9.17) is 12.2 Å². The number of hydrogen-bond acceptors (Lipinski definition) is 3. The van der Waals surface area contributed by atoms with Gasteiger partial charge in [0.25, 0.3) is 0 Å². The molecule has 166 valence electrons. The summed E-state index contributed by atoms with van der Waals surface area (Å²) < 4.78 is 2.23. The van der Waals surface area contributed by atoms with Crippen LogP contribution in [0.4, 0.5) is 5.69 Å². The van der Waals surface area contributed by atoms with E-state index in [2.05, 4.69) is 94.9 Å². The molecule has 4 aromatic rings. The highest BCUT2D eigenvalue weighted by Gasteiger charge is 2.42. The first-order chi connectivity index (χ1) is 15.9. The van der Waals surface area contributed by atoms with Gasteiger partial charge in [-0.15, -0.1) is 0 Å². The largest absolute Gasteiger partial charge is 0.351 e. The third-order valence-corrected chi connectivity index (χ3v) is 6.64. The fourth-order valence-electron chi connectivity index (χ4n) is 4.74. The Kier molecular flexibility index (Phi) is 5.46. The second-order valence-corrected chi connectivity index (χ2v) is 9.07. The number of anilines is 1. The van der Waals surface area contributed by atoms with Crippen LogP contribution in [-0.4, -0.2) is 19.6 Å². The summed E-state index contributed by atoms with van der Waals surface area (Å²) in [5.74, 6) is 0.932. The van der Waals surface area contributed by atoms with E-state index in [0.717, 1.165) is 28.6 Å². The van der Waals surface area contributed by atoms with Crippen LogP contribution in [-0.2, 0) is 0 Å². The van der Waals surface area contributed by atoms with Gasteiger partial charge in [-0.1, -0.05) is 23.8 Å². The third kappa shape index (κ3) is 3.80. The van der Waals surface area contributed by atoms with Gasteiger partial charge in [0, 0.05) is 29.5 Å². The first-order valence-electron chi connectivity index (χ1n) is 11.1. The fourth-order valence-corrected chi connectivity index (χ4v) is 5.08. The molecule has 1 saturated heterocycles. The number of nitrogens with zero attached hydrogens (tertiary/aromatic N) is 4. The van der Waals surface area contributed by atoms with Crippen molar-refractivity contribution in [3.63, 3.8) is 0 Å². The van der Waals surface area contributed by atoms with Crippen molar-refractivity contribution in [1.29, 1.82) is 0 Å². The molecule has 0 bridgehead atoms. The lowest BCUT2D eigenvalue weighted by Crippen LogP contribution is -2.29. The van der Waals surface area contributed by atoms with Gasteiger partial charge in [0.15, 0.2) is 5.11 Å². The highest BCUT2D eigenvalue weighted by atomic mass is 32.1. The van der Waals surface area contributed by atoms with Crippen molar-refractivity contribution in [2.45, 2.75) is 39.8 Å². The molecule has 0 radical (unpaired) electrons. The fraction of sp³-hybridized carbons (Fsp3) is 0.222. The van der Waals surface area contributed by atoms with E-state index >= 15 is 0 Å². The Bertz CT molecular complexity index is 1310. The first-order valence-corrected chi connectivity index (χ1v) is 11.5. The summed E-state index contributed by atoms with van der Waals surface area (Å²) >= 11 is 5.87. The molecule has 1 aliphatic heterocycles. The summed E-state index contributed by atoms with van der Waals surface area (Å²) in [7, 11) is 0. The van der Waals surface area contributed by atoms with Crippen LogP contribution in [0.25, 0.3) is 5.82 Å². The van der Waals surface area contributed by atoms with Crippen molar-refractivity contribution >= 4 is 23.0 Å². The normalized spacial score (nSPS) is 17.9. The first kappa shape index (κ1) is 21.3. The zero-order valence-corrected chi connectivity index (χ0v) is 20.1. The van der Waals surface area contributed by atoms with E-state index in [1.165, 1.54) is 16.7 Å². The standard InChI is InChI=1S/C27H27N5S/c1-17-8-10-21(11-9-17)32-26(25(30-27(32)33)23-7-5-6-13-28-23)22-16-19(3)31(20(22)4)24-15-18(2)12-14-29-24/h5-16,25-26H,1-4H3,(H,30,33)/t25-,26+/m0/s1. The van der Waals surface area contributed by atoms with Crippen molar-refractivity contribution in [2.24, 2.45) is 0 Å². The van der Waals surface area contributed by atoms with Crippen molar-refractivity contribution in [3.05, 3.63) is 107 Å². The lowest BCUT2D eigenvalue weighted by atomic mass is 9.96. The SMILES string of the molecule is Cc1ccc(N2C(=S)N[C@@H](c3ccccn3)[C@H]2c2cc(C)n(-c3cc(C)ccn3)c2C)cc1. The van der Waals surface area contributed by atoms with Gasteiger partial charge in [0.05, 0.1) is 17.8 Å². The molecule has 5 rings (SSSR count). The average molecular weight is 454 g/mol. The monoisotopic (exact) mass is 453 g/mol. The number of hydrogen-bond donors (Lipinski definition) is 1. The number of aryl methyl sites for hydroxylation is 3. The molecular weight excluding hydrogens is 426 g/mol. The van der Waals surface area contributed by atoms with E-state index in [-0.39, 0.29) is 12.1 Å². The molecular formula is C27H27N5S. The van der Waals surface area contributed by atoms with Crippen LogP contribution in [0.2, 0.25) is 0 Å². The second kappa shape index (κ2) is 8.45. The zero-order valence-electron chi connectivity index (χ0n) is 19.3. The molecule has 2 atom stereocenters. The Morgan fingerprint density at radius 2 is 1.64 bits per heavy atom. The minimum atomic E-state index is -0.0700. The van der Waals surface area contributed by atoms with Crippen LogP contribution in [0.15, 0.2) is 73.1 Å². The predicted octanol–water partition coefficient (Wildman–Crippen LogP) is 5.68. The smallest absolute Gasteiger partial charge is 0.174 e. The molecule has 0 amide bonds. The highest BCUT2D eigenvalue weighted by Crippen LogP contribution is 2.43. The van der Waals surface area contributed by atoms with Gasteiger partial charge in [-0.05, 0) is 93.5 Å². The van der Waals surface area contributed by atoms with Crippen LogP contribution < -0.4 is 10.2 Å². The van der Waals surface area contributed by atoms with Crippen LogP contribution >= 0.6 is 12.2 Å². The maximum absolute atomic E-state index is 5.87. The molecule has 0 unspecified atom stereocenters. The predicted molar refractivity (Wildman–Crippen MR) is 137 cm³/mol. The molecule has 1 N–H and O–H groups in total. The van der Waals surface area contributed by atoms with E-state index in [9.17, 15) is 0 Å². The van der Waals surface area contributed by atoms with Crippen molar-refractivity contribution in [3.8, 4) is 5.82 Å². The summed E-state index contributed by atoms with van der Waals surface area (Å²) in [6.07, 6.45) is 3.70. The number of nitrogens with one attached hydrogen (secondary N) is 1. The number of pyridine rings is 2. The van der Waals surface area contributed by atoms with Crippen LogP contribution in [0.5, 0.6) is 0 Å². The maximum atomic E-state index is 5.87. The van der Waals surface area contributed by atoms with Crippen LogP contribution in [0.1, 0.15) is 45.9 Å². The van der Waals surface area contributed by atoms with Crippen molar-refractivity contribution in [2.75, 3.05) is 4.90 Å². The number of aromatic nitrogens is 3. The van der Waals surface area contributed by atoms with Gasteiger partial charge >= 0.3 is 0 Å². The highest BCUT2D eigenvalue weighted by molar-refractivity contribution is 7.80.